The zero-order valence-electron chi connectivity index (χ0n) is 19.8. The predicted octanol–water partition coefficient (Wildman–Crippen LogP) is 3.62. The van der Waals surface area contributed by atoms with Crippen molar-refractivity contribution in [1.29, 1.82) is 0 Å². The van der Waals surface area contributed by atoms with Crippen molar-refractivity contribution < 1.29 is 14.6 Å². The minimum Gasteiger partial charge on any atom is -0.507 e. The Labute approximate surface area is 201 Å². The third-order valence-electron chi connectivity index (χ3n) is 7.67. The molecule has 1 spiro atoms. The highest BCUT2D eigenvalue weighted by Crippen LogP contribution is 2.52. The lowest BCUT2D eigenvalue weighted by atomic mass is 9.73. The van der Waals surface area contributed by atoms with Gasteiger partial charge in [0.15, 0.2) is 0 Å². The molecule has 4 N–H and O–H groups in total. The fourth-order valence-electron chi connectivity index (χ4n) is 5.75. The minimum absolute atomic E-state index is 0.0563. The molecule has 2 aromatic rings. The van der Waals surface area contributed by atoms with Gasteiger partial charge in [-0.05, 0) is 47.9 Å². The Morgan fingerprint density at radius 3 is 2.74 bits per heavy atom. The zero-order chi connectivity index (χ0) is 23.7. The number of piperidine rings is 1. The van der Waals surface area contributed by atoms with Gasteiger partial charge in [0.2, 0.25) is 0 Å². The quantitative estimate of drug-likeness (QED) is 0.545. The maximum atomic E-state index is 11.0. The molecule has 0 unspecified atom stereocenters. The van der Waals surface area contributed by atoms with E-state index in [0.29, 0.717) is 18.8 Å². The third kappa shape index (κ3) is 3.93. The summed E-state index contributed by atoms with van der Waals surface area (Å²) in [7, 11) is 1.66. The number of phenolic OH excluding ortho intramolecular Hbond substituents is 1. The van der Waals surface area contributed by atoms with Crippen LogP contribution in [0.25, 0.3) is 5.57 Å². The molecule has 7 heteroatoms. The molecule has 34 heavy (non-hydrogen) atoms. The Hall–Kier alpha value is -3.03. The van der Waals surface area contributed by atoms with Gasteiger partial charge in [-0.25, -0.2) is 0 Å². The molecule has 0 saturated carbocycles. The lowest BCUT2D eigenvalue weighted by Crippen LogP contribution is -2.44. The molecule has 1 fully saturated rings. The number of nitrogens with zero attached hydrogens (tertiary/aromatic N) is 2. The van der Waals surface area contributed by atoms with Crippen LogP contribution in [0.3, 0.4) is 0 Å². The lowest BCUT2D eigenvalue weighted by molar-refractivity contribution is 0.146. The summed E-state index contributed by atoms with van der Waals surface area (Å²) in [6.45, 7) is 7.67. The van der Waals surface area contributed by atoms with Crippen LogP contribution in [0.5, 0.6) is 11.5 Å². The van der Waals surface area contributed by atoms with Crippen molar-refractivity contribution in [3.8, 4) is 11.5 Å². The van der Waals surface area contributed by atoms with Crippen molar-refractivity contribution in [2.45, 2.75) is 31.7 Å². The summed E-state index contributed by atoms with van der Waals surface area (Å²) in [5, 5.41) is 15.3. The maximum Gasteiger partial charge on any atom is 0.143 e. The number of phenols is 1. The summed E-state index contributed by atoms with van der Waals surface area (Å²) in [6, 6.07) is 12.2. The van der Waals surface area contributed by atoms with E-state index in [4.69, 9.17) is 15.2 Å². The molecule has 3 aliphatic rings. The van der Waals surface area contributed by atoms with Crippen LogP contribution in [0.2, 0.25) is 0 Å². The van der Waals surface area contributed by atoms with Crippen molar-refractivity contribution in [3.63, 3.8) is 0 Å². The highest BCUT2D eigenvalue weighted by molar-refractivity contribution is 6.25. The predicted molar refractivity (Wildman–Crippen MR) is 136 cm³/mol. The van der Waals surface area contributed by atoms with Gasteiger partial charge in [-0.3, -0.25) is 0 Å². The van der Waals surface area contributed by atoms with Gasteiger partial charge in [0.05, 0.1) is 23.6 Å². The number of ether oxygens (including phenoxy) is 2. The first kappa shape index (κ1) is 22.7. The van der Waals surface area contributed by atoms with E-state index in [0.717, 1.165) is 68.0 Å². The van der Waals surface area contributed by atoms with Gasteiger partial charge in [0.25, 0.3) is 0 Å². The van der Waals surface area contributed by atoms with E-state index >= 15 is 0 Å². The van der Waals surface area contributed by atoms with E-state index in [1.165, 1.54) is 11.1 Å². The van der Waals surface area contributed by atoms with Crippen LogP contribution in [0, 0.1) is 5.41 Å². The molecule has 7 nitrogen and oxygen atoms in total. The molecule has 0 aromatic heterocycles. The fourth-order valence-corrected chi connectivity index (χ4v) is 5.75. The van der Waals surface area contributed by atoms with Crippen molar-refractivity contribution in [3.05, 3.63) is 59.7 Å². The normalized spacial score (nSPS) is 20.7. The van der Waals surface area contributed by atoms with Crippen LogP contribution in [-0.4, -0.2) is 50.8 Å². The Morgan fingerprint density at radius 1 is 1.24 bits per heavy atom. The Morgan fingerprint density at radius 2 is 2.03 bits per heavy atom. The van der Waals surface area contributed by atoms with Crippen molar-refractivity contribution in [2.24, 2.45) is 16.3 Å². The molecular weight excluding hydrogens is 428 g/mol. The van der Waals surface area contributed by atoms with Gasteiger partial charge < -0.3 is 30.6 Å². The monoisotopic (exact) mass is 462 g/mol. The highest BCUT2D eigenvalue weighted by atomic mass is 16.5. The number of nitrogens with one attached hydrogen (secondary N) is 1. The smallest absolute Gasteiger partial charge is 0.143 e. The summed E-state index contributed by atoms with van der Waals surface area (Å²) in [4.78, 5) is 2.33. The summed E-state index contributed by atoms with van der Waals surface area (Å²) < 4.78 is 11.3. The van der Waals surface area contributed by atoms with Gasteiger partial charge in [0, 0.05) is 44.8 Å². The van der Waals surface area contributed by atoms with Crippen molar-refractivity contribution in [1.82, 2.24) is 5.43 Å². The minimum atomic E-state index is 0.0563. The van der Waals surface area contributed by atoms with Crippen LogP contribution in [0.15, 0.2) is 48.1 Å². The third-order valence-corrected chi connectivity index (χ3v) is 7.67. The first-order valence-corrected chi connectivity index (χ1v) is 12.1. The second-order valence-electron chi connectivity index (χ2n) is 9.55. The average molecular weight is 463 g/mol. The van der Waals surface area contributed by atoms with Gasteiger partial charge in [-0.15, -0.1) is 0 Å². The average Bonchev–Trinajstić information content (AvgIpc) is 3.48. The molecule has 0 radical (unpaired) electrons. The summed E-state index contributed by atoms with van der Waals surface area (Å²) in [6.07, 6.45) is 3.76. The maximum absolute atomic E-state index is 11.0. The van der Waals surface area contributed by atoms with Crippen LogP contribution in [-0.2, 0) is 11.2 Å². The Kier molecular flexibility index (Phi) is 6.23. The Balaban J connectivity index is 1.45. The molecule has 5 rings (SSSR count). The molecule has 180 valence electrons. The number of aromatic hydroxyl groups is 1. The number of methoxy groups -OCH3 is 1. The van der Waals surface area contributed by atoms with E-state index < -0.39 is 0 Å². The number of hydrazone groups is 1. The van der Waals surface area contributed by atoms with Crippen LogP contribution in [0.4, 0.5) is 5.69 Å². The largest absolute Gasteiger partial charge is 0.507 e. The first-order chi connectivity index (χ1) is 16.5. The zero-order valence-corrected chi connectivity index (χ0v) is 19.8. The molecule has 2 aliphatic heterocycles. The highest BCUT2D eigenvalue weighted by Gasteiger charge is 2.46. The van der Waals surface area contributed by atoms with E-state index in [-0.39, 0.29) is 17.2 Å². The number of nitrogens with two attached hydrogens (primary N) is 1. The molecule has 2 heterocycles. The number of allylic oxidation sites excluding steroid dienone is 1. The van der Waals surface area contributed by atoms with Gasteiger partial charge in [-0.2, -0.15) is 5.10 Å². The molecule has 1 atom stereocenters. The number of rotatable bonds is 7. The lowest BCUT2D eigenvalue weighted by Gasteiger charge is -2.44. The van der Waals surface area contributed by atoms with E-state index in [9.17, 15) is 5.11 Å². The topological polar surface area (TPSA) is 92.3 Å². The number of anilines is 1. The summed E-state index contributed by atoms with van der Waals surface area (Å²) >= 11 is 0. The van der Waals surface area contributed by atoms with Crippen LogP contribution >= 0.6 is 0 Å². The van der Waals surface area contributed by atoms with E-state index in [2.05, 4.69) is 46.3 Å². The summed E-state index contributed by atoms with van der Waals surface area (Å²) in [5.74, 6) is 0.923. The second kappa shape index (κ2) is 9.31. The SMILES string of the molecule is C=C(C1=NNCC1)c1c(O)ccc(OCCOC)c1N1CCC2(CC1)Cc1ccccc1[C@H]2N. The molecule has 1 aliphatic carbocycles. The summed E-state index contributed by atoms with van der Waals surface area (Å²) in [5.41, 5.74) is 15.7. The standard InChI is InChI=1S/C27H34N4O3/c1-18(21-9-12-29-30-21)24-22(32)7-8-23(34-16-15-33-2)25(24)31-13-10-27(11-14-31)17-19-5-3-4-6-20(19)26(27)28/h3-8,26,29,32H,1,9-17,28H2,2H3/t26-/m1/s1. The molecule has 0 amide bonds. The number of fused-ring (bicyclic) bond motifs is 1. The van der Waals surface area contributed by atoms with E-state index in [1.807, 2.05) is 6.07 Å². The Bertz CT molecular complexity index is 1110. The number of benzene rings is 2. The van der Waals surface area contributed by atoms with Gasteiger partial charge in [-0.1, -0.05) is 30.8 Å². The number of hydrogen-bond acceptors (Lipinski definition) is 7. The van der Waals surface area contributed by atoms with Gasteiger partial charge >= 0.3 is 0 Å². The van der Waals surface area contributed by atoms with Crippen LogP contribution in [0.1, 0.15) is 42.0 Å². The second-order valence-corrected chi connectivity index (χ2v) is 9.55. The van der Waals surface area contributed by atoms with Crippen LogP contribution < -0.4 is 20.8 Å². The van der Waals surface area contributed by atoms with Crippen molar-refractivity contribution in [2.75, 3.05) is 44.9 Å². The number of hydrogen-bond donors (Lipinski definition) is 3. The molecule has 0 bridgehead atoms. The van der Waals surface area contributed by atoms with Gasteiger partial charge in [0.1, 0.15) is 18.1 Å². The van der Waals surface area contributed by atoms with Crippen molar-refractivity contribution >= 4 is 17.0 Å². The first-order valence-electron chi connectivity index (χ1n) is 12.1. The van der Waals surface area contributed by atoms with E-state index in [1.54, 1.807) is 13.2 Å². The molecular formula is C27H34N4O3. The fraction of sp³-hybridized carbons (Fsp3) is 0.444. The molecule has 1 saturated heterocycles. The molecule has 2 aromatic carbocycles.